The lowest BCUT2D eigenvalue weighted by atomic mass is 10.0. The number of rotatable bonds is 9. The van der Waals surface area contributed by atoms with E-state index in [0.29, 0.717) is 12.1 Å². The van der Waals surface area contributed by atoms with Gasteiger partial charge in [0.05, 0.1) is 11.4 Å². The quantitative estimate of drug-likeness (QED) is 0.526. The number of amides is 1. The van der Waals surface area contributed by atoms with Crippen LogP contribution in [0.2, 0.25) is 0 Å². The highest BCUT2D eigenvalue weighted by Gasteiger charge is 2.14. The molecular formula is C25H29N3O2. The summed E-state index contributed by atoms with van der Waals surface area (Å²) >= 11 is 0. The topological polar surface area (TPSA) is 64.0 Å². The first kappa shape index (κ1) is 21.5. The number of Topliss-reactive ketones (excluding diaryl/α,β-unsaturated/α-hetero) is 1. The molecule has 0 fully saturated rings. The smallest absolute Gasteiger partial charge is 0.220 e. The molecule has 0 aliphatic carbocycles. The van der Waals surface area contributed by atoms with E-state index in [-0.39, 0.29) is 24.5 Å². The van der Waals surface area contributed by atoms with Crippen LogP contribution in [0.15, 0.2) is 54.6 Å². The second-order valence-electron chi connectivity index (χ2n) is 7.54. The largest absolute Gasteiger partial charge is 0.352 e. The normalized spacial score (nSPS) is 10.8. The Labute approximate surface area is 178 Å². The molecule has 1 aromatic heterocycles. The second-order valence-corrected chi connectivity index (χ2v) is 7.54. The first-order chi connectivity index (χ1) is 14.5. The molecule has 0 atom stereocenters. The summed E-state index contributed by atoms with van der Waals surface area (Å²) in [4.78, 5) is 24.7. The van der Waals surface area contributed by atoms with Gasteiger partial charge in [-0.3, -0.25) is 9.59 Å². The van der Waals surface area contributed by atoms with E-state index >= 15 is 0 Å². The third kappa shape index (κ3) is 5.23. The lowest BCUT2D eigenvalue weighted by Crippen LogP contribution is -2.24. The zero-order valence-corrected chi connectivity index (χ0v) is 17.9. The Bertz CT molecular complexity index is 1000. The number of nitrogens with one attached hydrogen (secondary N) is 1. The Morgan fingerprint density at radius 1 is 0.967 bits per heavy atom. The minimum absolute atomic E-state index is 0.00235. The van der Waals surface area contributed by atoms with E-state index in [1.54, 1.807) is 0 Å². The lowest BCUT2D eigenvalue weighted by molar-refractivity contribution is -0.121. The summed E-state index contributed by atoms with van der Waals surface area (Å²) in [6.45, 7) is 6.48. The van der Waals surface area contributed by atoms with Gasteiger partial charge < -0.3 is 5.32 Å². The molecule has 0 aliphatic rings. The molecule has 1 N–H and O–H groups in total. The molecule has 1 heterocycles. The van der Waals surface area contributed by atoms with E-state index in [4.69, 9.17) is 0 Å². The van der Waals surface area contributed by atoms with Crippen molar-refractivity contribution in [2.75, 3.05) is 0 Å². The molecule has 5 heteroatoms. The Morgan fingerprint density at radius 2 is 1.67 bits per heavy atom. The number of nitrogens with zero attached hydrogens (tertiary/aromatic N) is 2. The van der Waals surface area contributed by atoms with Crippen molar-refractivity contribution in [1.29, 1.82) is 0 Å². The van der Waals surface area contributed by atoms with Crippen LogP contribution in [-0.2, 0) is 17.8 Å². The average Bonchev–Trinajstić information content (AvgIpc) is 3.05. The third-order valence-electron chi connectivity index (χ3n) is 5.30. The van der Waals surface area contributed by atoms with Crippen LogP contribution in [0.1, 0.15) is 59.1 Å². The van der Waals surface area contributed by atoms with Crippen LogP contribution in [0.4, 0.5) is 0 Å². The SMILES string of the molecule is CCCc1ccc(C(=O)CCC(=O)NCc2c(C)nn(-c3ccccc3)c2C)cc1. The molecule has 0 spiro atoms. The molecule has 1 amide bonds. The predicted octanol–water partition coefficient (Wildman–Crippen LogP) is 4.72. The van der Waals surface area contributed by atoms with Gasteiger partial charge in [-0.05, 0) is 38.0 Å². The fraction of sp³-hybridized carbons (Fsp3) is 0.320. The fourth-order valence-corrected chi connectivity index (χ4v) is 3.54. The first-order valence-corrected chi connectivity index (χ1v) is 10.5. The molecule has 0 radical (unpaired) electrons. The van der Waals surface area contributed by atoms with E-state index in [9.17, 15) is 9.59 Å². The summed E-state index contributed by atoms with van der Waals surface area (Å²) in [5.74, 6) is -0.130. The van der Waals surface area contributed by atoms with Crippen molar-refractivity contribution in [3.63, 3.8) is 0 Å². The number of aryl methyl sites for hydroxylation is 2. The van der Waals surface area contributed by atoms with Gasteiger partial charge in [0.1, 0.15) is 0 Å². The molecule has 3 aromatic rings. The highest BCUT2D eigenvalue weighted by molar-refractivity contribution is 5.97. The number of hydrogen-bond acceptors (Lipinski definition) is 3. The van der Waals surface area contributed by atoms with Crippen molar-refractivity contribution in [2.45, 2.75) is 53.0 Å². The molecule has 0 aliphatic heterocycles. The summed E-state index contributed by atoms with van der Waals surface area (Å²) in [7, 11) is 0. The molecule has 2 aromatic carbocycles. The van der Waals surface area contributed by atoms with Gasteiger partial charge in [0.2, 0.25) is 5.91 Å². The Morgan fingerprint density at radius 3 is 2.33 bits per heavy atom. The van der Waals surface area contributed by atoms with Crippen molar-refractivity contribution in [3.05, 3.63) is 82.7 Å². The molecular weight excluding hydrogens is 374 g/mol. The number of carbonyl (C=O) groups is 2. The van der Waals surface area contributed by atoms with Crippen LogP contribution in [-0.4, -0.2) is 21.5 Å². The molecule has 0 saturated heterocycles. The van der Waals surface area contributed by atoms with Gasteiger partial charge in [-0.25, -0.2) is 4.68 Å². The maximum atomic E-state index is 12.4. The monoisotopic (exact) mass is 403 g/mol. The predicted molar refractivity (Wildman–Crippen MR) is 119 cm³/mol. The third-order valence-corrected chi connectivity index (χ3v) is 5.30. The Kier molecular flexibility index (Phi) is 7.17. The maximum Gasteiger partial charge on any atom is 0.220 e. The first-order valence-electron chi connectivity index (χ1n) is 10.5. The van der Waals surface area contributed by atoms with Gasteiger partial charge in [-0.2, -0.15) is 5.10 Å². The number of para-hydroxylation sites is 1. The van der Waals surface area contributed by atoms with Crippen LogP contribution < -0.4 is 5.32 Å². The van der Waals surface area contributed by atoms with Crippen LogP contribution in [0.5, 0.6) is 0 Å². The van der Waals surface area contributed by atoms with Crippen molar-refractivity contribution in [2.24, 2.45) is 0 Å². The summed E-state index contributed by atoms with van der Waals surface area (Å²) < 4.78 is 1.89. The number of carbonyl (C=O) groups excluding carboxylic acids is 2. The van der Waals surface area contributed by atoms with Gasteiger partial charge in [0.25, 0.3) is 0 Å². The highest BCUT2D eigenvalue weighted by atomic mass is 16.2. The minimum atomic E-state index is -0.128. The standard InChI is InChI=1S/C25H29N3O2/c1-4-8-20-11-13-21(14-12-20)24(29)15-16-25(30)26-17-23-18(2)27-28(19(23)3)22-9-6-5-7-10-22/h5-7,9-14H,4,8,15-17H2,1-3H3,(H,26,30). The molecule has 5 nitrogen and oxygen atoms in total. The van der Waals surface area contributed by atoms with Crippen molar-refractivity contribution < 1.29 is 9.59 Å². The van der Waals surface area contributed by atoms with Crippen LogP contribution in [0, 0.1) is 13.8 Å². The average molecular weight is 404 g/mol. The fourth-order valence-electron chi connectivity index (χ4n) is 3.54. The van der Waals surface area contributed by atoms with Crippen LogP contribution >= 0.6 is 0 Å². The Balaban J connectivity index is 1.53. The summed E-state index contributed by atoms with van der Waals surface area (Å²) in [6, 6.07) is 17.6. The summed E-state index contributed by atoms with van der Waals surface area (Å²) in [5, 5.41) is 7.54. The van der Waals surface area contributed by atoms with Crippen LogP contribution in [0.3, 0.4) is 0 Å². The van der Waals surface area contributed by atoms with Gasteiger partial charge in [0, 0.05) is 36.2 Å². The molecule has 0 bridgehead atoms. The maximum absolute atomic E-state index is 12.4. The lowest BCUT2D eigenvalue weighted by Gasteiger charge is -2.07. The van der Waals surface area contributed by atoms with Crippen molar-refractivity contribution >= 4 is 11.7 Å². The molecule has 156 valence electrons. The number of benzene rings is 2. The zero-order chi connectivity index (χ0) is 21.5. The summed E-state index contributed by atoms with van der Waals surface area (Å²) in [6.07, 6.45) is 2.48. The van der Waals surface area contributed by atoms with E-state index < -0.39 is 0 Å². The molecule has 3 rings (SSSR count). The number of hydrogen-bond donors (Lipinski definition) is 1. The van der Waals surface area contributed by atoms with Crippen molar-refractivity contribution in [1.82, 2.24) is 15.1 Å². The van der Waals surface area contributed by atoms with Gasteiger partial charge in [-0.1, -0.05) is 55.8 Å². The molecule has 0 saturated carbocycles. The van der Waals surface area contributed by atoms with Crippen molar-refractivity contribution in [3.8, 4) is 5.69 Å². The molecule has 0 unspecified atom stereocenters. The Hall–Kier alpha value is -3.21. The van der Waals surface area contributed by atoms with Gasteiger partial charge in [-0.15, -0.1) is 0 Å². The van der Waals surface area contributed by atoms with Gasteiger partial charge >= 0.3 is 0 Å². The number of aromatic nitrogens is 2. The second kappa shape index (κ2) is 10.0. The minimum Gasteiger partial charge on any atom is -0.352 e. The van der Waals surface area contributed by atoms with E-state index in [1.807, 2.05) is 73.1 Å². The van der Waals surface area contributed by atoms with E-state index in [1.165, 1.54) is 5.56 Å². The number of ketones is 1. The van der Waals surface area contributed by atoms with Crippen LogP contribution in [0.25, 0.3) is 5.69 Å². The summed E-state index contributed by atoms with van der Waals surface area (Å²) in [5.41, 5.74) is 5.78. The highest BCUT2D eigenvalue weighted by Crippen LogP contribution is 2.18. The zero-order valence-electron chi connectivity index (χ0n) is 17.9. The van der Waals surface area contributed by atoms with Gasteiger partial charge in [0.15, 0.2) is 5.78 Å². The molecule has 30 heavy (non-hydrogen) atoms. The van der Waals surface area contributed by atoms with E-state index in [0.717, 1.165) is 35.5 Å². The van der Waals surface area contributed by atoms with E-state index in [2.05, 4.69) is 17.3 Å².